The highest BCUT2D eigenvalue weighted by Gasteiger charge is 2.22. The van der Waals surface area contributed by atoms with Crippen molar-refractivity contribution < 1.29 is 11.3 Å². The number of fused-ring (bicyclic) bond motifs is 6. The van der Waals surface area contributed by atoms with Gasteiger partial charge in [-0.3, -0.25) is 0 Å². The van der Waals surface area contributed by atoms with Crippen molar-refractivity contribution in [3.05, 3.63) is 133 Å². The second-order valence-corrected chi connectivity index (χ2v) is 9.29. The molecule has 0 fully saturated rings. The molecule has 0 N–H and O–H groups in total. The lowest BCUT2D eigenvalue weighted by atomic mass is 9.83. The van der Waals surface area contributed by atoms with Gasteiger partial charge in [-0.2, -0.15) is 0 Å². The zero-order chi connectivity index (χ0) is 28.7. The molecule has 0 bridgehead atoms. The predicted molar refractivity (Wildman–Crippen MR) is 157 cm³/mol. The Morgan fingerprint density at radius 2 is 1.00 bits per heavy atom. The Morgan fingerprint density at radius 3 is 1.68 bits per heavy atom. The largest absolute Gasteiger partial charge is 0.456 e. The predicted octanol–water partition coefficient (Wildman–Crippen LogP) is 10.4. The van der Waals surface area contributed by atoms with Crippen molar-refractivity contribution in [2.24, 2.45) is 0 Å². The van der Waals surface area contributed by atoms with Crippen LogP contribution in [0.25, 0.3) is 76.5 Å². The minimum Gasteiger partial charge on any atom is -0.456 e. The van der Waals surface area contributed by atoms with Crippen LogP contribution in [-0.2, 0) is 0 Å². The molecule has 0 saturated carbocycles. The van der Waals surface area contributed by atoms with Crippen molar-refractivity contribution in [1.82, 2.24) is 0 Å². The molecule has 0 aliphatic rings. The van der Waals surface area contributed by atoms with Crippen LogP contribution in [0.1, 0.15) is 6.85 Å². The summed E-state index contributed by atoms with van der Waals surface area (Å²) in [5.74, 6) is 0. The lowest BCUT2D eigenvalue weighted by Gasteiger charge is -2.19. The minimum absolute atomic E-state index is 0.205. The lowest BCUT2D eigenvalue weighted by Crippen LogP contribution is -1.92. The van der Waals surface area contributed by atoms with Crippen LogP contribution in [0.5, 0.6) is 0 Å². The molecule has 172 valence electrons. The first-order valence-electron chi connectivity index (χ1n) is 14.8. The normalized spacial score (nSPS) is 13.7. The molecule has 1 nitrogen and oxygen atoms in total. The first-order chi connectivity index (χ1) is 20.5. The van der Waals surface area contributed by atoms with E-state index in [1.165, 1.54) is 0 Å². The molecular formula is C36H22O. The topological polar surface area (TPSA) is 13.1 Å². The van der Waals surface area contributed by atoms with Gasteiger partial charge in [0.15, 0.2) is 0 Å². The Morgan fingerprint density at radius 1 is 0.459 bits per heavy atom. The van der Waals surface area contributed by atoms with Crippen LogP contribution in [-0.4, -0.2) is 0 Å². The van der Waals surface area contributed by atoms with Crippen molar-refractivity contribution >= 4 is 54.3 Å². The summed E-state index contributed by atoms with van der Waals surface area (Å²) in [6, 6.07) is 32.9. The van der Waals surface area contributed by atoms with Gasteiger partial charge in [-0.05, 0) is 61.1 Å². The first-order valence-corrected chi connectivity index (χ1v) is 12.3. The molecule has 0 unspecified atom stereocenters. The van der Waals surface area contributed by atoms with Crippen LogP contribution in [0.15, 0.2) is 138 Å². The summed E-state index contributed by atoms with van der Waals surface area (Å²) < 4.78 is 49.1. The molecule has 1 heteroatoms. The molecule has 37 heavy (non-hydrogen) atoms. The highest BCUT2D eigenvalue weighted by atomic mass is 16.3. The summed E-state index contributed by atoms with van der Waals surface area (Å²) in [5, 5.41) is 7.69. The Bertz CT molecular complexity index is 2340. The SMILES string of the molecule is [2H]c1c([2H])c([2H])c(-c2c3ccccc3c(-c3c4ccccc4cc4oc5ccccc5c34)c3ccccc23)c([2H])c1[2H]. The Labute approximate surface area is 221 Å². The summed E-state index contributed by atoms with van der Waals surface area (Å²) >= 11 is 0. The molecular weight excluding hydrogens is 448 g/mol. The van der Waals surface area contributed by atoms with Crippen molar-refractivity contribution in [2.45, 2.75) is 0 Å². The molecule has 0 aliphatic heterocycles. The monoisotopic (exact) mass is 475 g/mol. The molecule has 8 rings (SSSR count). The van der Waals surface area contributed by atoms with Crippen molar-refractivity contribution in [3.8, 4) is 22.3 Å². The fraction of sp³-hybridized carbons (Fsp3) is 0. The van der Waals surface area contributed by atoms with Gasteiger partial charge in [0, 0.05) is 16.3 Å². The van der Waals surface area contributed by atoms with Gasteiger partial charge >= 0.3 is 0 Å². The van der Waals surface area contributed by atoms with Crippen LogP contribution < -0.4 is 0 Å². The van der Waals surface area contributed by atoms with E-state index in [9.17, 15) is 0 Å². The molecule has 1 aromatic heterocycles. The van der Waals surface area contributed by atoms with Crippen LogP contribution in [0.3, 0.4) is 0 Å². The Balaban J connectivity index is 1.65. The standard InChI is InChI=1S/C36H22O/c1-2-12-23(13-3-1)33-26-16-6-8-18-28(26)34(29-19-9-7-17-27(29)33)36-25-15-5-4-14-24(25)22-32-35(36)30-20-10-11-21-31(30)37-32/h1-22H/i1D,2D,3D,12D,13D. The second kappa shape index (κ2) is 7.81. The second-order valence-electron chi connectivity index (χ2n) is 9.29. The van der Waals surface area contributed by atoms with E-state index >= 15 is 0 Å². The number of rotatable bonds is 2. The number of para-hydroxylation sites is 1. The molecule has 0 atom stereocenters. The van der Waals surface area contributed by atoms with Gasteiger partial charge in [0.25, 0.3) is 0 Å². The Hall–Kier alpha value is -4.88. The van der Waals surface area contributed by atoms with Crippen molar-refractivity contribution in [3.63, 3.8) is 0 Å². The number of hydrogen-bond donors (Lipinski definition) is 0. The van der Waals surface area contributed by atoms with Gasteiger partial charge in [0.2, 0.25) is 0 Å². The highest BCUT2D eigenvalue weighted by Crippen LogP contribution is 2.49. The van der Waals surface area contributed by atoms with Gasteiger partial charge in [-0.1, -0.05) is 121 Å². The lowest BCUT2D eigenvalue weighted by molar-refractivity contribution is 0.669. The average Bonchev–Trinajstić information content (AvgIpc) is 3.40. The van der Waals surface area contributed by atoms with Crippen LogP contribution in [0, 0.1) is 0 Å². The van der Waals surface area contributed by atoms with E-state index in [0.717, 1.165) is 65.4 Å². The van der Waals surface area contributed by atoms with E-state index < -0.39 is 6.04 Å². The maximum atomic E-state index is 8.84. The van der Waals surface area contributed by atoms with Gasteiger partial charge in [0.05, 0.1) is 6.85 Å². The zero-order valence-corrected chi connectivity index (χ0v) is 19.7. The van der Waals surface area contributed by atoms with E-state index in [4.69, 9.17) is 11.3 Å². The van der Waals surface area contributed by atoms with E-state index in [2.05, 4.69) is 36.4 Å². The summed E-state index contributed by atoms with van der Waals surface area (Å²) in [5.41, 5.74) is 4.52. The zero-order valence-electron chi connectivity index (χ0n) is 24.7. The molecule has 0 spiro atoms. The van der Waals surface area contributed by atoms with E-state index in [0.29, 0.717) is 5.56 Å². The average molecular weight is 476 g/mol. The fourth-order valence-corrected chi connectivity index (χ4v) is 5.85. The summed E-state index contributed by atoms with van der Waals surface area (Å²) in [4.78, 5) is 0. The minimum atomic E-state index is -0.399. The third-order valence-electron chi connectivity index (χ3n) is 7.32. The number of benzene rings is 7. The first kappa shape index (κ1) is 16.0. The third-order valence-corrected chi connectivity index (χ3v) is 7.32. The number of furan rings is 1. The Kier molecular flexibility index (Phi) is 3.37. The highest BCUT2D eigenvalue weighted by molar-refractivity contribution is 6.29. The molecule has 0 aliphatic carbocycles. The fourth-order valence-electron chi connectivity index (χ4n) is 5.85. The van der Waals surface area contributed by atoms with Gasteiger partial charge < -0.3 is 4.42 Å². The van der Waals surface area contributed by atoms with Gasteiger partial charge in [0.1, 0.15) is 11.2 Å². The molecule has 7 aromatic carbocycles. The molecule has 0 amide bonds. The van der Waals surface area contributed by atoms with E-state index in [1.807, 2.05) is 66.7 Å². The van der Waals surface area contributed by atoms with Crippen molar-refractivity contribution in [1.29, 1.82) is 0 Å². The van der Waals surface area contributed by atoms with Gasteiger partial charge in [-0.25, -0.2) is 0 Å². The molecule has 8 aromatic rings. The van der Waals surface area contributed by atoms with Crippen LogP contribution >= 0.6 is 0 Å². The maximum absolute atomic E-state index is 8.84. The van der Waals surface area contributed by atoms with Crippen LogP contribution in [0.4, 0.5) is 0 Å². The molecule has 0 saturated heterocycles. The third kappa shape index (κ3) is 2.92. The van der Waals surface area contributed by atoms with Crippen LogP contribution in [0.2, 0.25) is 0 Å². The van der Waals surface area contributed by atoms with E-state index in [-0.39, 0.29) is 29.7 Å². The quantitative estimate of drug-likeness (QED) is 0.227. The summed E-state index contributed by atoms with van der Waals surface area (Å²) in [6.45, 7) is 0. The van der Waals surface area contributed by atoms with Gasteiger partial charge in [-0.15, -0.1) is 0 Å². The maximum Gasteiger partial charge on any atom is 0.136 e. The molecule has 0 radical (unpaired) electrons. The van der Waals surface area contributed by atoms with E-state index in [1.54, 1.807) is 0 Å². The summed E-state index contributed by atoms with van der Waals surface area (Å²) in [7, 11) is 0. The molecule has 1 heterocycles. The number of hydrogen-bond acceptors (Lipinski definition) is 1. The smallest absolute Gasteiger partial charge is 0.136 e. The summed E-state index contributed by atoms with van der Waals surface area (Å²) in [6.07, 6.45) is 0. The van der Waals surface area contributed by atoms with Crippen molar-refractivity contribution in [2.75, 3.05) is 0 Å².